The zero-order valence-electron chi connectivity index (χ0n) is 18.3. The highest BCUT2D eigenvalue weighted by atomic mass is 127. The Morgan fingerprint density at radius 3 is 2.42 bits per heavy atom. The number of nitrogens with zero attached hydrogens (tertiary/aromatic N) is 2. The number of rotatable bonds is 8. The topological polar surface area (TPSA) is 58.1 Å². The molecule has 2 heterocycles. The van der Waals surface area contributed by atoms with Crippen LogP contribution < -0.4 is 10.6 Å². The fourth-order valence-corrected chi connectivity index (χ4v) is 4.56. The van der Waals surface area contributed by atoms with Crippen LogP contribution in [0.2, 0.25) is 0 Å². The second kappa shape index (κ2) is 13.3. The van der Waals surface area contributed by atoms with Gasteiger partial charge in [0.1, 0.15) is 5.82 Å². The molecule has 0 amide bonds. The Balaban J connectivity index is 0.00000341. The van der Waals surface area contributed by atoms with E-state index in [1.54, 1.807) is 26.3 Å². The van der Waals surface area contributed by atoms with Crippen LogP contribution in [0.4, 0.5) is 4.39 Å². The Labute approximate surface area is 205 Å². The Kier molecular flexibility index (Phi) is 11.2. The first kappa shape index (κ1) is 26.0. The third-order valence-electron chi connectivity index (χ3n) is 5.24. The van der Waals surface area contributed by atoms with E-state index in [0.29, 0.717) is 12.5 Å². The number of halogens is 2. The van der Waals surface area contributed by atoms with E-state index in [0.717, 1.165) is 38.4 Å². The Bertz CT molecular complexity index is 812. The molecule has 2 N–H and O–H groups in total. The lowest BCUT2D eigenvalue weighted by Crippen LogP contribution is -2.46. The van der Waals surface area contributed by atoms with Gasteiger partial charge in [0.2, 0.25) is 0 Å². The van der Waals surface area contributed by atoms with Crippen LogP contribution in [0.1, 0.15) is 27.5 Å². The summed E-state index contributed by atoms with van der Waals surface area (Å²) in [4.78, 5) is 9.48. The molecule has 1 fully saturated rings. The van der Waals surface area contributed by atoms with Crippen LogP contribution in [-0.2, 0) is 9.47 Å². The number of hydrogen-bond donors (Lipinski definition) is 2. The number of benzene rings is 1. The molecule has 9 heteroatoms. The lowest BCUT2D eigenvalue weighted by molar-refractivity contribution is 0.0177. The summed E-state index contributed by atoms with van der Waals surface area (Å²) in [7, 11) is 3.41. The fraction of sp³-hybridized carbons (Fsp3) is 0.500. The van der Waals surface area contributed by atoms with Gasteiger partial charge in [-0.25, -0.2) is 4.39 Å². The first-order valence-corrected chi connectivity index (χ1v) is 11.0. The number of nitrogens with one attached hydrogen (secondary N) is 2. The first-order chi connectivity index (χ1) is 14.6. The van der Waals surface area contributed by atoms with Gasteiger partial charge < -0.3 is 20.1 Å². The van der Waals surface area contributed by atoms with Crippen molar-refractivity contribution in [2.24, 2.45) is 4.99 Å². The molecule has 1 aromatic heterocycles. The van der Waals surface area contributed by atoms with Crippen molar-refractivity contribution >= 4 is 41.3 Å². The Morgan fingerprint density at radius 2 is 1.84 bits per heavy atom. The summed E-state index contributed by atoms with van der Waals surface area (Å²) in [5, 5.41) is 6.79. The van der Waals surface area contributed by atoms with Crippen molar-refractivity contribution in [2.75, 3.05) is 53.6 Å². The van der Waals surface area contributed by atoms with Crippen molar-refractivity contribution < 1.29 is 13.9 Å². The van der Waals surface area contributed by atoms with Crippen molar-refractivity contribution in [3.05, 3.63) is 57.5 Å². The van der Waals surface area contributed by atoms with Gasteiger partial charge in [-0.1, -0.05) is 12.1 Å². The standard InChI is InChI=1S/C22H31FN4O2S.HI/c1-16-4-9-21(30-16)19(27-10-12-29-13-11-27)14-25-22(24-2)26-15-20(28-3)17-5-7-18(23)8-6-17;/h4-9,19-20H,10-15H2,1-3H3,(H2,24,25,26);1H. The van der Waals surface area contributed by atoms with Crippen LogP contribution >= 0.6 is 35.3 Å². The second-order valence-corrected chi connectivity index (χ2v) is 8.54. The summed E-state index contributed by atoms with van der Waals surface area (Å²) in [6, 6.07) is 11.0. The Morgan fingerprint density at radius 1 is 1.16 bits per heavy atom. The zero-order chi connectivity index (χ0) is 21.3. The lowest BCUT2D eigenvalue weighted by Gasteiger charge is -2.34. The van der Waals surface area contributed by atoms with Crippen LogP contribution in [0.5, 0.6) is 0 Å². The maximum absolute atomic E-state index is 13.2. The van der Waals surface area contributed by atoms with Crippen molar-refractivity contribution in [3.8, 4) is 0 Å². The normalized spacial score (nSPS) is 17.0. The van der Waals surface area contributed by atoms with Crippen molar-refractivity contribution in [1.82, 2.24) is 15.5 Å². The minimum absolute atomic E-state index is 0. The van der Waals surface area contributed by atoms with E-state index >= 15 is 0 Å². The van der Waals surface area contributed by atoms with E-state index in [1.807, 2.05) is 11.3 Å². The van der Waals surface area contributed by atoms with Gasteiger partial charge in [-0.05, 0) is 36.8 Å². The molecule has 2 unspecified atom stereocenters. The summed E-state index contributed by atoms with van der Waals surface area (Å²) in [5.74, 6) is 0.461. The number of aliphatic imine (C=N–C) groups is 1. The molecule has 172 valence electrons. The van der Waals surface area contributed by atoms with Crippen molar-refractivity contribution in [3.63, 3.8) is 0 Å². The number of hydrogen-bond acceptors (Lipinski definition) is 5. The van der Waals surface area contributed by atoms with Crippen molar-refractivity contribution in [1.29, 1.82) is 0 Å². The molecule has 1 aliphatic heterocycles. The molecule has 31 heavy (non-hydrogen) atoms. The van der Waals surface area contributed by atoms with Gasteiger partial charge in [0, 0.05) is 50.1 Å². The smallest absolute Gasteiger partial charge is 0.191 e. The van der Waals surface area contributed by atoms with Gasteiger partial charge in [0.25, 0.3) is 0 Å². The molecule has 6 nitrogen and oxygen atoms in total. The number of thiophene rings is 1. The molecule has 1 aliphatic rings. The molecule has 0 bridgehead atoms. The van der Waals surface area contributed by atoms with E-state index in [4.69, 9.17) is 9.47 Å². The highest BCUT2D eigenvalue weighted by Gasteiger charge is 2.24. The molecule has 2 aromatic rings. The molecule has 0 saturated carbocycles. The predicted molar refractivity (Wildman–Crippen MR) is 135 cm³/mol. The maximum atomic E-state index is 13.2. The largest absolute Gasteiger partial charge is 0.379 e. The molecular formula is C22H32FIN4O2S. The monoisotopic (exact) mass is 562 g/mol. The summed E-state index contributed by atoms with van der Waals surface area (Å²) in [6.07, 6.45) is -0.195. The Hall–Kier alpha value is -1.27. The third-order valence-corrected chi connectivity index (χ3v) is 6.35. The number of guanidine groups is 1. The molecule has 0 radical (unpaired) electrons. The molecule has 2 atom stereocenters. The number of ether oxygens (including phenoxy) is 2. The molecule has 1 aromatic carbocycles. The fourth-order valence-electron chi connectivity index (χ4n) is 3.55. The minimum Gasteiger partial charge on any atom is -0.379 e. The van der Waals surface area contributed by atoms with Crippen LogP contribution in [0, 0.1) is 12.7 Å². The van der Waals surface area contributed by atoms with Crippen LogP contribution in [0.25, 0.3) is 0 Å². The van der Waals surface area contributed by atoms with Gasteiger partial charge >= 0.3 is 0 Å². The van der Waals surface area contributed by atoms with Gasteiger partial charge in [0.15, 0.2) is 5.96 Å². The first-order valence-electron chi connectivity index (χ1n) is 10.2. The average molecular weight is 562 g/mol. The molecule has 1 saturated heterocycles. The highest BCUT2D eigenvalue weighted by Crippen LogP contribution is 2.28. The molecule has 3 rings (SSSR count). The predicted octanol–water partition coefficient (Wildman–Crippen LogP) is 3.74. The number of methoxy groups -OCH3 is 1. The van der Waals surface area contributed by atoms with Gasteiger partial charge in [-0.3, -0.25) is 9.89 Å². The lowest BCUT2D eigenvalue weighted by atomic mass is 10.1. The minimum atomic E-state index is -0.253. The average Bonchev–Trinajstić information content (AvgIpc) is 3.20. The van der Waals surface area contributed by atoms with E-state index in [9.17, 15) is 4.39 Å². The molecule has 0 aliphatic carbocycles. The van der Waals surface area contributed by atoms with Crippen LogP contribution in [0.3, 0.4) is 0 Å². The molecular weight excluding hydrogens is 530 g/mol. The second-order valence-electron chi connectivity index (χ2n) is 7.22. The van der Waals surface area contributed by atoms with Gasteiger partial charge in [0.05, 0.1) is 25.4 Å². The van der Waals surface area contributed by atoms with E-state index in [-0.39, 0.29) is 41.9 Å². The van der Waals surface area contributed by atoms with E-state index in [2.05, 4.69) is 39.6 Å². The quantitative estimate of drug-likeness (QED) is 0.292. The third kappa shape index (κ3) is 7.67. The van der Waals surface area contributed by atoms with Crippen LogP contribution in [-0.4, -0.2) is 64.4 Å². The van der Waals surface area contributed by atoms with E-state index < -0.39 is 0 Å². The molecule has 0 spiro atoms. The van der Waals surface area contributed by atoms with Crippen molar-refractivity contribution in [2.45, 2.75) is 19.1 Å². The summed E-state index contributed by atoms with van der Waals surface area (Å²) in [5.41, 5.74) is 0.919. The maximum Gasteiger partial charge on any atom is 0.191 e. The van der Waals surface area contributed by atoms with Gasteiger partial charge in [-0.2, -0.15) is 0 Å². The summed E-state index contributed by atoms with van der Waals surface area (Å²) in [6.45, 7) is 6.79. The van der Waals surface area contributed by atoms with E-state index in [1.165, 1.54) is 21.9 Å². The van der Waals surface area contributed by atoms with Crippen LogP contribution in [0.15, 0.2) is 41.4 Å². The number of morpholine rings is 1. The summed E-state index contributed by atoms with van der Waals surface area (Å²) >= 11 is 1.84. The number of aryl methyl sites for hydroxylation is 1. The van der Waals surface area contributed by atoms with Gasteiger partial charge in [-0.15, -0.1) is 35.3 Å². The summed E-state index contributed by atoms with van der Waals surface area (Å²) < 4.78 is 24.3. The highest BCUT2D eigenvalue weighted by molar-refractivity contribution is 14.0. The zero-order valence-corrected chi connectivity index (χ0v) is 21.4. The SMILES string of the molecule is CN=C(NCC(OC)c1ccc(F)cc1)NCC(c1ccc(C)s1)N1CCOCC1.I.